The molecule has 0 atom stereocenters. The van der Waals surface area contributed by atoms with Gasteiger partial charge in [0, 0.05) is 18.8 Å². The van der Waals surface area contributed by atoms with Crippen molar-refractivity contribution in [3.05, 3.63) is 88.2 Å². The third kappa shape index (κ3) is 4.34. The number of carbonyl (C=O) groups is 1. The Hall–Kier alpha value is -2.94. The molecule has 0 radical (unpaired) electrons. The van der Waals surface area contributed by atoms with Gasteiger partial charge in [0.2, 0.25) is 10.0 Å². The Labute approximate surface area is 190 Å². The molecule has 0 unspecified atom stereocenters. The quantitative estimate of drug-likeness (QED) is 0.591. The van der Waals surface area contributed by atoms with Gasteiger partial charge in [0.1, 0.15) is 11.6 Å². The van der Waals surface area contributed by atoms with Gasteiger partial charge in [-0.25, -0.2) is 12.8 Å². The summed E-state index contributed by atoms with van der Waals surface area (Å²) in [6.07, 6.45) is 0.540. The summed E-state index contributed by atoms with van der Waals surface area (Å²) in [6, 6.07) is 15.5. The normalized spacial score (nSPS) is 14.0. The summed E-state index contributed by atoms with van der Waals surface area (Å²) in [5, 5.41) is 2.65. The van der Waals surface area contributed by atoms with Crippen LogP contribution >= 0.6 is 11.6 Å². The van der Waals surface area contributed by atoms with Crippen molar-refractivity contribution in [2.24, 2.45) is 0 Å². The van der Waals surface area contributed by atoms with Crippen molar-refractivity contribution in [1.29, 1.82) is 0 Å². The van der Waals surface area contributed by atoms with Gasteiger partial charge >= 0.3 is 0 Å². The Kier molecular flexibility index (Phi) is 6.19. The van der Waals surface area contributed by atoms with Gasteiger partial charge in [-0.1, -0.05) is 23.7 Å². The fraction of sp³-hybridized carbons (Fsp3) is 0.174. The smallest absolute Gasteiger partial charge is 0.260 e. The number of hydrogen-bond donors (Lipinski definition) is 1. The maximum atomic E-state index is 14.0. The number of carbonyl (C=O) groups excluding carboxylic acids is 1. The molecule has 0 saturated heterocycles. The maximum Gasteiger partial charge on any atom is 0.260 e. The number of methoxy groups -OCH3 is 1. The second-order valence-corrected chi connectivity index (χ2v) is 9.64. The number of amides is 1. The summed E-state index contributed by atoms with van der Waals surface area (Å²) in [5.74, 6) is -0.820. The molecule has 0 aromatic heterocycles. The Morgan fingerprint density at radius 2 is 1.84 bits per heavy atom. The first kappa shape index (κ1) is 22.3. The van der Waals surface area contributed by atoms with Crippen LogP contribution in [0.1, 0.15) is 21.5 Å². The SMILES string of the molecule is COc1ccc(S(=O)(=O)N2CCc3ccc(NC(=O)c4c(F)cccc4Cl)cc3C2)cc1. The van der Waals surface area contributed by atoms with E-state index < -0.39 is 21.7 Å². The van der Waals surface area contributed by atoms with Crippen LogP contribution in [0.4, 0.5) is 10.1 Å². The number of anilines is 1. The van der Waals surface area contributed by atoms with E-state index in [4.69, 9.17) is 16.3 Å². The number of rotatable bonds is 5. The highest BCUT2D eigenvalue weighted by atomic mass is 35.5. The molecule has 32 heavy (non-hydrogen) atoms. The highest BCUT2D eigenvalue weighted by Crippen LogP contribution is 2.28. The predicted octanol–water partition coefficient (Wildman–Crippen LogP) is 4.49. The average molecular weight is 475 g/mol. The van der Waals surface area contributed by atoms with Crippen LogP contribution in [0.25, 0.3) is 0 Å². The van der Waals surface area contributed by atoms with Crippen molar-refractivity contribution < 1.29 is 22.3 Å². The summed E-state index contributed by atoms with van der Waals surface area (Å²) < 4.78 is 46.7. The Morgan fingerprint density at radius 3 is 2.53 bits per heavy atom. The lowest BCUT2D eigenvalue weighted by atomic mass is 10.0. The molecule has 0 saturated carbocycles. The molecule has 1 heterocycles. The van der Waals surface area contributed by atoms with Crippen molar-refractivity contribution in [3.63, 3.8) is 0 Å². The van der Waals surface area contributed by atoms with Crippen molar-refractivity contribution >= 4 is 33.2 Å². The average Bonchev–Trinajstić information content (AvgIpc) is 2.78. The van der Waals surface area contributed by atoms with Crippen LogP contribution in [0.2, 0.25) is 5.02 Å². The second-order valence-electron chi connectivity index (χ2n) is 7.30. The first-order chi connectivity index (χ1) is 15.3. The summed E-state index contributed by atoms with van der Waals surface area (Å²) in [6.45, 7) is 0.506. The number of ether oxygens (including phenoxy) is 1. The first-order valence-electron chi connectivity index (χ1n) is 9.81. The van der Waals surface area contributed by atoms with E-state index in [0.29, 0.717) is 24.4 Å². The molecular weight excluding hydrogens is 455 g/mol. The van der Waals surface area contributed by atoms with Gasteiger partial charge in [0.25, 0.3) is 5.91 Å². The lowest BCUT2D eigenvalue weighted by molar-refractivity contribution is 0.102. The maximum absolute atomic E-state index is 14.0. The Bertz CT molecular complexity index is 1260. The second kappa shape index (κ2) is 8.90. The van der Waals surface area contributed by atoms with E-state index in [1.807, 2.05) is 6.07 Å². The van der Waals surface area contributed by atoms with Gasteiger partial charge < -0.3 is 10.1 Å². The molecule has 166 valence electrons. The van der Waals surface area contributed by atoms with E-state index in [0.717, 1.165) is 17.2 Å². The molecule has 9 heteroatoms. The van der Waals surface area contributed by atoms with Gasteiger partial charge in [-0.05, 0) is 66.1 Å². The van der Waals surface area contributed by atoms with Crippen molar-refractivity contribution in [3.8, 4) is 5.75 Å². The minimum absolute atomic E-state index is 0.0113. The number of sulfonamides is 1. The number of hydrogen-bond acceptors (Lipinski definition) is 4. The zero-order chi connectivity index (χ0) is 22.9. The predicted molar refractivity (Wildman–Crippen MR) is 120 cm³/mol. The summed E-state index contributed by atoms with van der Waals surface area (Å²) in [5.41, 5.74) is 1.95. The van der Waals surface area contributed by atoms with Crippen molar-refractivity contribution in [2.75, 3.05) is 19.0 Å². The summed E-state index contributed by atoms with van der Waals surface area (Å²) >= 11 is 5.97. The largest absolute Gasteiger partial charge is 0.497 e. The van der Waals surface area contributed by atoms with Crippen LogP contribution < -0.4 is 10.1 Å². The first-order valence-corrected chi connectivity index (χ1v) is 11.6. The van der Waals surface area contributed by atoms with E-state index in [-0.39, 0.29) is 22.0 Å². The van der Waals surface area contributed by atoms with Crippen LogP contribution in [-0.2, 0) is 23.0 Å². The van der Waals surface area contributed by atoms with Crippen LogP contribution in [0.5, 0.6) is 5.75 Å². The number of halogens is 2. The molecule has 0 bridgehead atoms. The Balaban J connectivity index is 1.56. The molecule has 3 aromatic rings. The number of nitrogens with zero attached hydrogens (tertiary/aromatic N) is 1. The van der Waals surface area contributed by atoms with E-state index in [1.54, 1.807) is 24.3 Å². The topological polar surface area (TPSA) is 75.7 Å². The molecule has 1 aliphatic rings. The van der Waals surface area contributed by atoms with Gasteiger partial charge in [-0.15, -0.1) is 0 Å². The number of fused-ring (bicyclic) bond motifs is 1. The molecule has 0 fully saturated rings. The molecule has 0 spiro atoms. The molecular formula is C23H20ClFN2O4S. The number of nitrogens with one attached hydrogen (secondary N) is 1. The molecule has 1 amide bonds. The minimum Gasteiger partial charge on any atom is -0.497 e. The van der Waals surface area contributed by atoms with E-state index >= 15 is 0 Å². The summed E-state index contributed by atoms with van der Waals surface area (Å²) in [7, 11) is -2.18. The highest BCUT2D eigenvalue weighted by Gasteiger charge is 2.28. The minimum atomic E-state index is -3.70. The van der Waals surface area contributed by atoms with Gasteiger partial charge in [0.05, 0.1) is 22.6 Å². The monoisotopic (exact) mass is 474 g/mol. The molecule has 1 N–H and O–H groups in total. The van der Waals surface area contributed by atoms with Crippen LogP contribution in [0, 0.1) is 5.82 Å². The summed E-state index contributed by atoms with van der Waals surface area (Å²) in [4.78, 5) is 12.7. The van der Waals surface area contributed by atoms with Gasteiger partial charge in [-0.3, -0.25) is 4.79 Å². The third-order valence-electron chi connectivity index (χ3n) is 5.33. The lowest BCUT2D eigenvalue weighted by Gasteiger charge is -2.28. The standard InChI is InChI=1S/C23H20ClFN2O4S/c1-31-18-7-9-19(10-8-18)32(29,30)27-12-11-15-5-6-17(13-16(15)14-27)26-23(28)22-20(24)3-2-4-21(22)25/h2-10,13H,11-12,14H2,1H3,(H,26,28). The zero-order valence-electron chi connectivity index (χ0n) is 17.1. The molecule has 6 nitrogen and oxygen atoms in total. The van der Waals surface area contributed by atoms with E-state index in [1.165, 1.54) is 35.7 Å². The van der Waals surface area contributed by atoms with Crippen LogP contribution in [-0.4, -0.2) is 32.3 Å². The highest BCUT2D eigenvalue weighted by molar-refractivity contribution is 7.89. The number of benzene rings is 3. The van der Waals surface area contributed by atoms with E-state index in [9.17, 15) is 17.6 Å². The van der Waals surface area contributed by atoms with Gasteiger partial charge in [-0.2, -0.15) is 4.31 Å². The molecule has 3 aromatic carbocycles. The molecule has 0 aliphatic carbocycles. The van der Waals surface area contributed by atoms with Crippen molar-refractivity contribution in [2.45, 2.75) is 17.9 Å². The zero-order valence-corrected chi connectivity index (χ0v) is 18.7. The molecule has 1 aliphatic heterocycles. The molecule has 4 rings (SSSR count). The van der Waals surface area contributed by atoms with Gasteiger partial charge in [0.15, 0.2) is 0 Å². The third-order valence-corrected chi connectivity index (χ3v) is 7.50. The lowest BCUT2D eigenvalue weighted by Crippen LogP contribution is -2.36. The fourth-order valence-electron chi connectivity index (χ4n) is 3.62. The van der Waals surface area contributed by atoms with Crippen LogP contribution in [0.3, 0.4) is 0 Å². The fourth-order valence-corrected chi connectivity index (χ4v) is 5.29. The van der Waals surface area contributed by atoms with E-state index in [2.05, 4.69) is 5.32 Å². The Morgan fingerprint density at radius 1 is 1.09 bits per heavy atom. The van der Waals surface area contributed by atoms with Crippen LogP contribution in [0.15, 0.2) is 65.6 Å². The van der Waals surface area contributed by atoms with Crippen molar-refractivity contribution in [1.82, 2.24) is 4.31 Å².